The predicted octanol–water partition coefficient (Wildman–Crippen LogP) is -3.52. The molecule has 0 saturated carbocycles. The van der Waals surface area contributed by atoms with E-state index in [1.165, 1.54) is 43.3 Å². The molecular weight excluding hydrogens is 1490 g/mol. The van der Waals surface area contributed by atoms with Crippen molar-refractivity contribution >= 4 is 129 Å². The number of carbonyl (C=O) groups is 18. The van der Waals surface area contributed by atoms with Gasteiger partial charge in [0, 0.05) is 56.5 Å². The smallest absolute Gasteiger partial charge is 0.446 e. The number of nitrogens with one attached hydrogen (secondary N) is 10. The van der Waals surface area contributed by atoms with Crippen LogP contribution in [0.25, 0.3) is 0 Å². The third kappa shape index (κ3) is 33.7. The molecule has 43 heteroatoms. The molecule has 12 atom stereocenters. The first-order valence-corrected chi connectivity index (χ1v) is 35.9. The van der Waals surface area contributed by atoms with Crippen LogP contribution in [0.4, 0.5) is 0 Å². The quantitative estimate of drug-likeness (QED) is 0.0286. The summed E-state index contributed by atoms with van der Waals surface area (Å²) in [7, 11) is -5.04. The zero-order valence-corrected chi connectivity index (χ0v) is 61.2. The van der Waals surface area contributed by atoms with Crippen LogP contribution in [0.15, 0.2) is 48.5 Å². The number of hydrogen-bond acceptors (Lipinski definition) is 22. The fourth-order valence-corrected chi connectivity index (χ4v) is 11.4. The molecule has 2 aromatic rings. The third-order valence-corrected chi connectivity index (χ3v) is 17.4. The molecule has 602 valence electrons. The van der Waals surface area contributed by atoms with Crippen molar-refractivity contribution < 1.29 is 134 Å². The van der Waals surface area contributed by atoms with E-state index in [1.807, 2.05) is 0 Å². The highest BCUT2D eigenvalue weighted by atomic mass is 35.5. The number of aliphatic carboxylic acids is 6. The van der Waals surface area contributed by atoms with Gasteiger partial charge in [-0.2, -0.15) is 8.42 Å². The molecule has 3 rings (SSSR count). The maximum Gasteiger partial charge on any atom is 0.446 e. The van der Waals surface area contributed by atoms with Crippen molar-refractivity contribution in [3.8, 4) is 5.75 Å². The molecule has 1 saturated heterocycles. The number of benzene rings is 2. The number of carboxylic acids is 6. The van der Waals surface area contributed by atoms with E-state index in [2.05, 4.69) is 57.4 Å². The second-order valence-corrected chi connectivity index (χ2v) is 27.3. The van der Waals surface area contributed by atoms with E-state index in [0.29, 0.717) is 5.56 Å². The minimum atomic E-state index is -5.04. The van der Waals surface area contributed by atoms with Gasteiger partial charge in [0.2, 0.25) is 70.9 Å². The molecule has 1 aliphatic heterocycles. The van der Waals surface area contributed by atoms with Crippen LogP contribution in [-0.2, 0) is 110 Å². The maximum atomic E-state index is 14.9. The maximum absolute atomic E-state index is 14.9. The SMILES string of the molecule is CC[C@H](C)[C@H](NC(=O)[C@H](CCC(=O)O)NC(=O)[C@H](CCC(=O)O)NC(=O)[C@H](Cc1ccc(Cl)cc1)NC(=O)[C@H](CC(=O)O)NC(=O)CN)C(=O)N1CCC[C@@H]1C(=O)N[C@@H](CCC(=O)O)C(=O)N[C@@H](CCC(=O)O)C(=O)N[C@@H](Cc1ccc(OS(=O)(=O)O)cc1)C(=O)N[C@@H](CC(C)C)C(=O)N[C@@H](CCC(N)=O)C(=O)O. The number of nitrogens with zero attached hydrogens (tertiary/aromatic N) is 1. The predicted molar refractivity (Wildman–Crippen MR) is 375 cm³/mol. The molecule has 12 amide bonds. The minimum Gasteiger partial charge on any atom is -0.481 e. The van der Waals surface area contributed by atoms with Crippen molar-refractivity contribution in [1.82, 2.24) is 58.1 Å². The van der Waals surface area contributed by atoms with E-state index in [4.69, 9.17) is 23.1 Å². The number of hydrogen-bond donors (Lipinski definition) is 19. The van der Waals surface area contributed by atoms with Crippen LogP contribution in [0.1, 0.15) is 135 Å². The van der Waals surface area contributed by atoms with E-state index in [1.54, 1.807) is 20.8 Å². The van der Waals surface area contributed by atoms with Crippen molar-refractivity contribution in [2.24, 2.45) is 23.3 Å². The summed E-state index contributed by atoms with van der Waals surface area (Å²) in [6, 6.07) is -9.38. The molecule has 0 aliphatic carbocycles. The highest BCUT2D eigenvalue weighted by Crippen LogP contribution is 2.24. The molecule has 0 radical (unpaired) electrons. The van der Waals surface area contributed by atoms with E-state index in [0.717, 1.165) is 17.0 Å². The Labute approximate surface area is 628 Å². The van der Waals surface area contributed by atoms with Crippen LogP contribution in [0.5, 0.6) is 5.75 Å². The second kappa shape index (κ2) is 44.9. The van der Waals surface area contributed by atoms with E-state index < -0.39 is 291 Å². The molecule has 0 bridgehead atoms. The lowest BCUT2D eigenvalue weighted by Crippen LogP contribution is -2.61. The first kappa shape index (κ1) is 92.1. The van der Waals surface area contributed by atoms with Crippen LogP contribution in [-0.4, -0.2) is 235 Å². The van der Waals surface area contributed by atoms with Gasteiger partial charge in [-0.1, -0.05) is 70.0 Å². The Morgan fingerprint density at radius 3 is 1.28 bits per heavy atom. The van der Waals surface area contributed by atoms with E-state index in [9.17, 15) is 130 Å². The first-order valence-electron chi connectivity index (χ1n) is 34.1. The van der Waals surface area contributed by atoms with Gasteiger partial charge in [-0.05, 0) is 98.6 Å². The Kier molecular flexibility index (Phi) is 37.9. The van der Waals surface area contributed by atoms with Crippen LogP contribution in [0, 0.1) is 11.8 Å². The summed E-state index contributed by atoms with van der Waals surface area (Å²) in [6.07, 6.45) is -9.42. The fourth-order valence-electron chi connectivity index (χ4n) is 10.9. The Hall–Kier alpha value is -11.1. The molecule has 1 aliphatic rings. The molecule has 1 heterocycles. The lowest BCUT2D eigenvalue weighted by molar-refractivity contribution is -0.144. The summed E-state index contributed by atoms with van der Waals surface area (Å²) in [6.45, 7) is 5.44. The van der Waals surface area contributed by atoms with Gasteiger partial charge >= 0.3 is 46.2 Å². The van der Waals surface area contributed by atoms with Crippen molar-refractivity contribution in [1.29, 1.82) is 0 Å². The van der Waals surface area contributed by atoms with Crippen LogP contribution < -0.4 is 68.8 Å². The number of primary amides is 1. The topological polar surface area (TPSA) is 668 Å². The van der Waals surface area contributed by atoms with Crippen LogP contribution >= 0.6 is 11.6 Å². The number of nitrogens with two attached hydrogens (primary N) is 2. The van der Waals surface area contributed by atoms with Gasteiger partial charge in [0.25, 0.3) is 0 Å². The lowest BCUT2D eigenvalue weighted by Gasteiger charge is -2.33. The fraction of sp³-hybridized carbons (Fsp3) is 0.545. The standard InChI is InChI=1S/C66H92ClN13O28S/c1-5-33(4)55(79-59(96)41(20-25-53(89)90)72-56(93)38(17-22-50(83)84)73-61(98)44(28-34-8-12-36(67)13-9-34)78-63(100)46(30-54(91)92)70-49(82)31-68)65(102)80-26-6-7-47(80)64(101)74-40(19-24-52(87)88)57(94)71-39(18-23-51(85)86)58(95)77-45(29-35-10-14-37(15-11-35)108-109(105,106)107)62(99)76-43(27-32(2)3)60(97)75-42(66(103)104)16-21-48(69)81/h8-15,32-33,38-47,55H,5-7,16-31,68H2,1-4H3,(H2,69,81)(H,70,82)(H,71,94)(H,72,93)(H,73,98)(H,74,101)(H,75,97)(H,76,99)(H,77,95)(H,78,100)(H,79,96)(H,83,84)(H,85,86)(H,87,88)(H,89,90)(H,91,92)(H,103,104)(H,105,106,107)/t33-,38-,39-,40-,41-,42-,43-,44-,45-,46-,47+,55-/m0/s1. The largest absolute Gasteiger partial charge is 0.481 e. The second-order valence-electron chi connectivity index (χ2n) is 25.9. The van der Waals surface area contributed by atoms with Gasteiger partial charge < -0.3 is 104 Å². The van der Waals surface area contributed by atoms with E-state index >= 15 is 0 Å². The molecule has 21 N–H and O–H groups in total. The highest BCUT2D eigenvalue weighted by molar-refractivity contribution is 7.81. The summed E-state index contributed by atoms with van der Waals surface area (Å²) in [5.41, 5.74) is 11.0. The van der Waals surface area contributed by atoms with Crippen molar-refractivity contribution in [2.75, 3.05) is 13.1 Å². The average molecular weight is 1580 g/mol. The van der Waals surface area contributed by atoms with Gasteiger partial charge in [0.15, 0.2) is 0 Å². The molecule has 41 nitrogen and oxygen atoms in total. The molecule has 2 aromatic carbocycles. The number of likely N-dealkylation sites (tertiary alicyclic amines) is 1. The zero-order chi connectivity index (χ0) is 82.2. The molecule has 0 aromatic heterocycles. The highest BCUT2D eigenvalue weighted by Gasteiger charge is 2.43. The minimum absolute atomic E-state index is 0.0765. The summed E-state index contributed by atoms with van der Waals surface area (Å²) < 4.78 is 36.5. The monoisotopic (exact) mass is 1580 g/mol. The van der Waals surface area contributed by atoms with Crippen molar-refractivity contribution in [3.05, 3.63) is 64.7 Å². The van der Waals surface area contributed by atoms with E-state index in [-0.39, 0.29) is 42.8 Å². The van der Waals surface area contributed by atoms with Crippen molar-refractivity contribution in [2.45, 2.75) is 203 Å². The van der Waals surface area contributed by atoms with Crippen LogP contribution in [0.2, 0.25) is 5.02 Å². The number of amides is 12. The van der Waals surface area contributed by atoms with Gasteiger partial charge in [0.1, 0.15) is 72.2 Å². The number of carbonyl (C=O) groups excluding carboxylic acids is 12. The molecule has 0 spiro atoms. The average Bonchev–Trinajstić information content (AvgIpc) is 1.72. The van der Waals surface area contributed by atoms with Gasteiger partial charge in [-0.15, -0.1) is 0 Å². The Balaban J connectivity index is 2.03. The summed E-state index contributed by atoms with van der Waals surface area (Å²) >= 11 is 6.05. The van der Waals surface area contributed by atoms with Gasteiger partial charge in [-0.25, -0.2) is 4.79 Å². The molecule has 1 fully saturated rings. The molecule has 109 heavy (non-hydrogen) atoms. The normalized spacial score (nSPS) is 15.6. The van der Waals surface area contributed by atoms with Crippen LogP contribution in [0.3, 0.4) is 0 Å². The Morgan fingerprint density at radius 1 is 0.505 bits per heavy atom. The van der Waals surface area contributed by atoms with Gasteiger partial charge in [0.05, 0.1) is 13.0 Å². The zero-order valence-electron chi connectivity index (χ0n) is 59.7. The first-order chi connectivity index (χ1) is 51.0. The number of rotatable bonds is 49. The summed E-state index contributed by atoms with van der Waals surface area (Å²) in [4.78, 5) is 240. The molecular formula is C66H92ClN13O28S. The van der Waals surface area contributed by atoms with Gasteiger partial charge in [-0.3, -0.25) is 86.1 Å². The van der Waals surface area contributed by atoms with Crippen molar-refractivity contribution in [3.63, 3.8) is 0 Å². The Bertz CT molecular complexity index is 3760. The number of carboxylic acid groups (broad SMARTS) is 6. The Morgan fingerprint density at radius 2 is 0.881 bits per heavy atom. The summed E-state index contributed by atoms with van der Waals surface area (Å²) in [5.74, 6) is -24.6. The summed E-state index contributed by atoms with van der Waals surface area (Å²) in [5, 5.41) is 81.8. The third-order valence-electron chi connectivity index (χ3n) is 16.8. The number of halogens is 1. The lowest BCUT2D eigenvalue weighted by atomic mass is 9.96. The molecule has 0 unspecified atom stereocenters.